The summed E-state index contributed by atoms with van der Waals surface area (Å²) in [6.07, 6.45) is 3.58. The normalized spacial score (nSPS) is 13.8. The Labute approximate surface area is 93.3 Å². The monoisotopic (exact) mass is 213 g/mol. The molecular weight excluding hydrogens is 202 g/mol. The fraction of sp³-hybridized carbons (Fsp3) is 0.154. The minimum absolute atomic E-state index is 0.581. The maximum atomic E-state index is 5.67. The van der Waals surface area contributed by atoms with Crippen molar-refractivity contribution < 1.29 is 9.47 Å². The molecule has 3 rings (SSSR count). The Bertz CT molecular complexity index is 563. The second-order valence-electron chi connectivity index (χ2n) is 3.59. The van der Waals surface area contributed by atoms with Crippen LogP contribution in [0.15, 0.2) is 31.0 Å². The van der Waals surface area contributed by atoms with E-state index < -0.39 is 0 Å². The highest BCUT2D eigenvalue weighted by Gasteiger charge is 2.16. The molecule has 0 saturated carbocycles. The Kier molecular flexibility index (Phi) is 2.03. The van der Waals surface area contributed by atoms with Gasteiger partial charge in [0.05, 0.1) is 10.9 Å². The molecule has 16 heavy (non-hydrogen) atoms. The summed E-state index contributed by atoms with van der Waals surface area (Å²) in [6.45, 7) is 4.99. The molecule has 2 aromatic rings. The summed E-state index contributed by atoms with van der Waals surface area (Å²) in [4.78, 5) is 4.31. The molecule has 1 aromatic carbocycles. The van der Waals surface area contributed by atoms with Crippen molar-refractivity contribution in [2.24, 2.45) is 0 Å². The van der Waals surface area contributed by atoms with E-state index in [-0.39, 0.29) is 0 Å². The van der Waals surface area contributed by atoms with Gasteiger partial charge >= 0.3 is 0 Å². The van der Waals surface area contributed by atoms with Gasteiger partial charge in [-0.2, -0.15) is 0 Å². The van der Waals surface area contributed by atoms with Crippen LogP contribution in [0.1, 0.15) is 5.56 Å². The van der Waals surface area contributed by atoms with Gasteiger partial charge in [0.15, 0.2) is 11.5 Å². The minimum atomic E-state index is 0.581. The predicted molar refractivity (Wildman–Crippen MR) is 62.8 cm³/mol. The Hall–Kier alpha value is -2.03. The SMILES string of the molecule is C=Cc1ccnc2ccc3c(c12)OCCO3. The number of ether oxygens (including phenoxy) is 2. The molecule has 0 spiro atoms. The van der Waals surface area contributed by atoms with Gasteiger partial charge in [-0.05, 0) is 23.8 Å². The molecule has 0 fully saturated rings. The molecule has 80 valence electrons. The Balaban J connectivity index is 2.40. The fourth-order valence-corrected chi connectivity index (χ4v) is 1.94. The van der Waals surface area contributed by atoms with Crippen molar-refractivity contribution >= 4 is 17.0 Å². The molecule has 0 unspecified atom stereocenters. The summed E-state index contributed by atoms with van der Waals surface area (Å²) in [5.74, 6) is 1.57. The largest absolute Gasteiger partial charge is 0.486 e. The predicted octanol–water partition coefficient (Wildman–Crippen LogP) is 2.65. The molecule has 0 N–H and O–H groups in total. The van der Waals surface area contributed by atoms with Gasteiger partial charge in [0.1, 0.15) is 13.2 Å². The molecule has 1 aliphatic heterocycles. The van der Waals surface area contributed by atoms with Crippen LogP contribution in [0.5, 0.6) is 11.5 Å². The molecule has 0 radical (unpaired) electrons. The first-order chi connectivity index (χ1) is 7.90. The Morgan fingerprint density at radius 3 is 2.94 bits per heavy atom. The van der Waals surface area contributed by atoms with Crippen molar-refractivity contribution in [1.82, 2.24) is 4.98 Å². The minimum Gasteiger partial charge on any atom is -0.486 e. The Morgan fingerprint density at radius 2 is 2.06 bits per heavy atom. The lowest BCUT2D eigenvalue weighted by Crippen LogP contribution is -2.15. The molecule has 0 atom stereocenters. The second kappa shape index (κ2) is 3.52. The van der Waals surface area contributed by atoms with Crippen molar-refractivity contribution in [2.75, 3.05) is 13.2 Å². The van der Waals surface area contributed by atoms with Gasteiger partial charge in [-0.1, -0.05) is 12.7 Å². The van der Waals surface area contributed by atoms with E-state index in [1.807, 2.05) is 24.3 Å². The van der Waals surface area contributed by atoms with Gasteiger partial charge in [0.2, 0.25) is 0 Å². The first kappa shape index (κ1) is 9.21. The van der Waals surface area contributed by atoms with Crippen LogP contribution in [0.3, 0.4) is 0 Å². The maximum Gasteiger partial charge on any atom is 0.171 e. The second-order valence-corrected chi connectivity index (χ2v) is 3.59. The first-order valence-corrected chi connectivity index (χ1v) is 5.20. The standard InChI is InChI=1S/C13H11NO2/c1-2-9-5-6-14-10-3-4-11-13(12(9)10)16-8-7-15-11/h2-6H,1,7-8H2. The number of hydrogen-bond acceptors (Lipinski definition) is 3. The zero-order valence-corrected chi connectivity index (χ0v) is 8.77. The van der Waals surface area contributed by atoms with Crippen LogP contribution in [0.2, 0.25) is 0 Å². The third-order valence-corrected chi connectivity index (χ3v) is 2.66. The van der Waals surface area contributed by atoms with E-state index in [0.29, 0.717) is 13.2 Å². The quantitative estimate of drug-likeness (QED) is 0.729. The molecule has 1 aliphatic rings. The van der Waals surface area contributed by atoms with Gasteiger partial charge < -0.3 is 9.47 Å². The molecule has 0 amide bonds. The van der Waals surface area contributed by atoms with E-state index in [9.17, 15) is 0 Å². The summed E-state index contributed by atoms with van der Waals surface area (Å²) in [6, 6.07) is 5.76. The zero-order chi connectivity index (χ0) is 11.0. The summed E-state index contributed by atoms with van der Waals surface area (Å²) in [7, 11) is 0. The van der Waals surface area contributed by atoms with Crippen LogP contribution in [-0.4, -0.2) is 18.2 Å². The number of benzene rings is 1. The molecule has 3 nitrogen and oxygen atoms in total. The lowest BCUT2D eigenvalue weighted by molar-refractivity contribution is 0.174. The van der Waals surface area contributed by atoms with Crippen LogP contribution < -0.4 is 9.47 Å². The number of aromatic nitrogens is 1. The lowest BCUT2D eigenvalue weighted by atomic mass is 10.1. The first-order valence-electron chi connectivity index (χ1n) is 5.20. The van der Waals surface area contributed by atoms with E-state index in [2.05, 4.69) is 11.6 Å². The topological polar surface area (TPSA) is 31.4 Å². The maximum absolute atomic E-state index is 5.67. The van der Waals surface area contributed by atoms with E-state index in [4.69, 9.17) is 9.47 Å². The highest BCUT2D eigenvalue weighted by atomic mass is 16.6. The van der Waals surface area contributed by atoms with Crippen molar-refractivity contribution in [3.05, 3.63) is 36.5 Å². The molecule has 1 aromatic heterocycles. The van der Waals surface area contributed by atoms with Gasteiger partial charge in [-0.3, -0.25) is 4.98 Å². The highest BCUT2D eigenvalue weighted by Crippen LogP contribution is 2.38. The van der Waals surface area contributed by atoms with Gasteiger partial charge in [0.25, 0.3) is 0 Å². The molecule has 0 saturated heterocycles. The average molecular weight is 213 g/mol. The summed E-state index contributed by atoms with van der Waals surface area (Å²) in [5, 5.41) is 0.981. The van der Waals surface area contributed by atoms with Crippen LogP contribution in [0, 0.1) is 0 Å². The van der Waals surface area contributed by atoms with Crippen LogP contribution >= 0.6 is 0 Å². The fourth-order valence-electron chi connectivity index (χ4n) is 1.94. The van der Waals surface area contributed by atoms with Gasteiger partial charge in [-0.15, -0.1) is 0 Å². The molecular formula is C13H11NO2. The molecule has 0 aliphatic carbocycles. The van der Waals surface area contributed by atoms with Crippen LogP contribution in [0.25, 0.3) is 17.0 Å². The van der Waals surface area contributed by atoms with Crippen LogP contribution in [0.4, 0.5) is 0 Å². The van der Waals surface area contributed by atoms with E-state index >= 15 is 0 Å². The summed E-state index contributed by atoms with van der Waals surface area (Å²) in [5.41, 5.74) is 1.93. The van der Waals surface area contributed by atoms with Crippen molar-refractivity contribution in [2.45, 2.75) is 0 Å². The number of pyridine rings is 1. The van der Waals surface area contributed by atoms with Gasteiger partial charge in [0, 0.05) is 6.20 Å². The lowest BCUT2D eigenvalue weighted by Gasteiger charge is -2.20. The van der Waals surface area contributed by atoms with Crippen molar-refractivity contribution in [1.29, 1.82) is 0 Å². The average Bonchev–Trinajstić information content (AvgIpc) is 2.37. The zero-order valence-electron chi connectivity index (χ0n) is 8.77. The van der Waals surface area contributed by atoms with Crippen LogP contribution in [-0.2, 0) is 0 Å². The third-order valence-electron chi connectivity index (χ3n) is 2.66. The number of hydrogen-bond donors (Lipinski definition) is 0. The highest BCUT2D eigenvalue weighted by molar-refractivity contribution is 5.94. The van der Waals surface area contributed by atoms with Crippen molar-refractivity contribution in [3.8, 4) is 11.5 Å². The Morgan fingerprint density at radius 1 is 1.19 bits per heavy atom. The molecule has 0 bridgehead atoms. The van der Waals surface area contributed by atoms with E-state index in [0.717, 1.165) is 28.0 Å². The van der Waals surface area contributed by atoms with Crippen molar-refractivity contribution in [3.63, 3.8) is 0 Å². The third kappa shape index (κ3) is 1.25. The molecule has 2 heterocycles. The summed E-state index contributed by atoms with van der Waals surface area (Å²) >= 11 is 0. The number of rotatable bonds is 1. The smallest absolute Gasteiger partial charge is 0.171 e. The number of nitrogens with zero attached hydrogens (tertiary/aromatic N) is 1. The van der Waals surface area contributed by atoms with E-state index in [1.165, 1.54) is 0 Å². The van der Waals surface area contributed by atoms with Gasteiger partial charge in [-0.25, -0.2) is 0 Å². The van der Waals surface area contributed by atoms with E-state index in [1.54, 1.807) is 6.20 Å². The molecule has 3 heteroatoms. The number of fused-ring (bicyclic) bond motifs is 3. The summed E-state index contributed by atoms with van der Waals surface area (Å²) < 4.78 is 11.2.